The van der Waals surface area contributed by atoms with E-state index >= 15 is 0 Å². The molecule has 0 saturated heterocycles. The fourth-order valence-corrected chi connectivity index (χ4v) is 2.82. The van der Waals surface area contributed by atoms with Gasteiger partial charge in [0.1, 0.15) is 5.75 Å². The monoisotopic (exact) mass is 368 g/mol. The maximum absolute atomic E-state index is 12.5. The number of carbonyl (C=O) groups is 1. The molecular formula is C16H17ClN2O4S. The number of nitrogens with one attached hydrogen (secondary N) is 1. The number of rotatable bonds is 5. The molecule has 1 amide bonds. The Labute approximate surface area is 145 Å². The minimum Gasteiger partial charge on any atom is -0.496 e. The molecule has 0 bridgehead atoms. The van der Waals surface area contributed by atoms with Crippen molar-refractivity contribution in [1.29, 1.82) is 0 Å². The Hall–Kier alpha value is -2.09. The Morgan fingerprint density at radius 1 is 1.21 bits per heavy atom. The van der Waals surface area contributed by atoms with E-state index < -0.39 is 15.9 Å². The van der Waals surface area contributed by atoms with Gasteiger partial charge < -0.3 is 10.1 Å². The summed E-state index contributed by atoms with van der Waals surface area (Å²) in [4.78, 5) is 12.3. The highest BCUT2D eigenvalue weighted by Crippen LogP contribution is 2.23. The molecule has 0 radical (unpaired) electrons. The summed E-state index contributed by atoms with van der Waals surface area (Å²) < 4.78 is 28.1. The van der Waals surface area contributed by atoms with Gasteiger partial charge in [-0.3, -0.25) is 4.79 Å². The van der Waals surface area contributed by atoms with Crippen LogP contribution in [0.3, 0.4) is 0 Å². The number of carbonyl (C=O) groups excluding carboxylic acids is 1. The van der Waals surface area contributed by atoms with Crippen LogP contribution in [-0.2, 0) is 10.0 Å². The van der Waals surface area contributed by atoms with Crippen molar-refractivity contribution in [2.24, 2.45) is 5.14 Å². The minimum absolute atomic E-state index is 0.0878. The maximum atomic E-state index is 12.5. The quantitative estimate of drug-likeness (QED) is 0.846. The zero-order valence-electron chi connectivity index (χ0n) is 13.1. The highest BCUT2D eigenvalue weighted by atomic mass is 35.5. The Balaban J connectivity index is 2.29. The number of sulfonamides is 1. The Bertz CT molecular complexity index is 851. The Kier molecular flexibility index (Phi) is 5.48. The van der Waals surface area contributed by atoms with Gasteiger partial charge >= 0.3 is 0 Å². The molecule has 2 aromatic carbocycles. The van der Waals surface area contributed by atoms with Gasteiger partial charge in [-0.05, 0) is 42.8 Å². The first-order valence-electron chi connectivity index (χ1n) is 6.99. The number of methoxy groups -OCH3 is 1. The van der Waals surface area contributed by atoms with E-state index in [-0.39, 0.29) is 22.3 Å². The molecule has 0 aliphatic heterocycles. The third kappa shape index (κ3) is 4.25. The summed E-state index contributed by atoms with van der Waals surface area (Å²) in [6, 6.07) is 10.6. The van der Waals surface area contributed by atoms with Crippen molar-refractivity contribution >= 4 is 27.5 Å². The van der Waals surface area contributed by atoms with Gasteiger partial charge in [-0.1, -0.05) is 23.7 Å². The zero-order chi connectivity index (χ0) is 17.9. The van der Waals surface area contributed by atoms with Crippen molar-refractivity contribution in [3.8, 4) is 5.75 Å². The summed E-state index contributed by atoms with van der Waals surface area (Å²) in [5.74, 6) is -0.219. The smallest absolute Gasteiger partial charge is 0.255 e. The van der Waals surface area contributed by atoms with Crippen LogP contribution in [0, 0.1) is 0 Å². The largest absolute Gasteiger partial charge is 0.496 e. The topological polar surface area (TPSA) is 98.5 Å². The molecule has 0 aliphatic rings. The average molecular weight is 369 g/mol. The van der Waals surface area contributed by atoms with Crippen LogP contribution in [0.1, 0.15) is 28.9 Å². The van der Waals surface area contributed by atoms with Gasteiger partial charge in [-0.2, -0.15) is 0 Å². The van der Waals surface area contributed by atoms with Gasteiger partial charge in [0.25, 0.3) is 5.91 Å². The third-order valence-corrected chi connectivity index (χ3v) is 4.62. The fourth-order valence-electron chi connectivity index (χ4n) is 2.15. The lowest BCUT2D eigenvalue weighted by Gasteiger charge is -2.16. The number of ether oxygens (including phenoxy) is 1. The molecule has 0 saturated carbocycles. The molecule has 0 aliphatic carbocycles. The zero-order valence-corrected chi connectivity index (χ0v) is 14.7. The molecule has 8 heteroatoms. The second kappa shape index (κ2) is 7.21. The van der Waals surface area contributed by atoms with Gasteiger partial charge in [-0.25, -0.2) is 13.6 Å². The first-order valence-corrected chi connectivity index (χ1v) is 8.92. The molecule has 0 aromatic heterocycles. The molecule has 24 heavy (non-hydrogen) atoms. The number of halogens is 1. The maximum Gasteiger partial charge on any atom is 0.255 e. The van der Waals surface area contributed by atoms with E-state index in [0.717, 1.165) is 5.56 Å². The predicted molar refractivity (Wildman–Crippen MR) is 91.7 cm³/mol. The summed E-state index contributed by atoms with van der Waals surface area (Å²) in [6.07, 6.45) is 0. The predicted octanol–water partition coefficient (Wildman–Crippen LogP) is 2.49. The first kappa shape index (κ1) is 18.3. The van der Waals surface area contributed by atoms with E-state index in [1.54, 1.807) is 31.2 Å². The van der Waals surface area contributed by atoms with Crippen molar-refractivity contribution in [2.45, 2.75) is 17.9 Å². The lowest BCUT2D eigenvalue weighted by Crippen LogP contribution is -2.27. The van der Waals surface area contributed by atoms with Crippen molar-refractivity contribution < 1.29 is 17.9 Å². The second-order valence-corrected chi connectivity index (χ2v) is 7.15. The van der Waals surface area contributed by atoms with Gasteiger partial charge in [0.2, 0.25) is 10.0 Å². The molecular weight excluding hydrogens is 352 g/mol. The molecule has 0 unspecified atom stereocenters. The van der Waals surface area contributed by atoms with Crippen LogP contribution in [0.25, 0.3) is 0 Å². The van der Waals surface area contributed by atoms with Crippen LogP contribution >= 0.6 is 11.6 Å². The lowest BCUT2D eigenvalue weighted by molar-refractivity contribution is 0.0936. The summed E-state index contributed by atoms with van der Waals surface area (Å²) in [6.45, 7) is 1.80. The number of nitrogens with two attached hydrogens (primary N) is 1. The Morgan fingerprint density at radius 3 is 2.38 bits per heavy atom. The molecule has 2 aromatic rings. The number of amides is 1. The van der Waals surface area contributed by atoms with Gasteiger partial charge in [0, 0.05) is 5.02 Å². The highest BCUT2D eigenvalue weighted by Gasteiger charge is 2.19. The SMILES string of the molecule is COc1ccc(S(N)(=O)=O)cc1C(=O)N[C@@H](C)c1ccc(Cl)cc1. The summed E-state index contributed by atoms with van der Waals surface area (Å²) in [5.41, 5.74) is 0.944. The number of benzene rings is 2. The number of hydrogen-bond acceptors (Lipinski definition) is 4. The second-order valence-electron chi connectivity index (χ2n) is 5.15. The normalized spacial score (nSPS) is 12.5. The van der Waals surface area contributed by atoms with Crippen molar-refractivity contribution in [2.75, 3.05) is 7.11 Å². The molecule has 0 spiro atoms. The Morgan fingerprint density at radius 2 is 1.83 bits per heavy atom. The molecule has 0 heterocycles. The molecule has 6 nitrogen and oxygen atoms in total. The van der Waals surface area contributed by atoms with E-state index in [1.165, 1.54) is 25.3 Å². The number of primary sulfonamides is 1. The van der Waals surface area contributed by atoms with E-state index in [4.69, 9.17) is 21.5 Å². The van der Waals surface area contributed by atoms with Crippen LogP contribution in [0.5, 0.6) is 5.75 Å². The van der Waals surface area contributed by atoms with E-state index in [0.29, 0.717) is 5.02 Å². The van der Waals surface area contributed by atoms with Crippen molar-refractivity contribution in [3.63, 3.8) is 0 Å². The van der Waals surface area contributed by atoms with Crippen molar-refractivity contribution in [1.82, 2.24) is 5.32 Å². The standard InChI is InChI=1S/C16H17ClN2O4S/c1-10(11-3-5-12(17)6-4-11)19-16(20)14-9-13(24(18,21)22)7-8-15(14)23-2/h3-10H,1-2H3,(H,19,20)(H2,18,21,22)/t10-/m0/s1. The average Bonchev–Trinajstić information content (AvgIpc) is 2.53. The molecule has 2 rings (SSSR count). The van der Waals surface area contributed by atoms with Crippen LogP contribution in [0.4, 0.5) is 0 Å². The van der Waals surface area contributed by atoms with Gasteiger partial charge in [-0.15, -0.1) is 0 Å². The van der Waals surface area contributed by atoms with Crippen LogP contribution in [0.15, 0.2) is 47.4 Å². The van der Waals surface area contributed by atoms with E-state index in [1.807, 2.05) is 0 Å². The summed E-state index contributed by atoms with van der Waals surface area (Å²) in [5, 5.41) is 8.50. The van der Waals surface area contributed by atoms with Crippen LogP contribution in [0.2, 0.25) is 5.02 Å². The highest BCUT2D eigenvalue weighted by molar-refractivity contribution is 7.89. The minimum atomic E-state index is -3.92. The first-order chi connectivity index (χ1) is 11.2. The fraction of sp³-hybridized carbons (Fsp3) is 0.188. The summed E-state index contributed by atoms with van der Waals surface area (Å²) in [7, 11) is -2.53. The van der Waals surface area contributed by atoms with Gasteiger partial charge in [0.05, 0.1) is 23.6 Å². The molecule has 3 N–H and O–H groups in total. The van der Waals surface area contributed by atoms with Crippen molar-refractivity contribution in [3.05, 3.63) is 58.6 Å². The van der Waals surface area contributed by atoms with Gasteiger partial charge in [0.15, 0.2) is 0 Å². The lowest BCUT2D eigenvalue weighted by atomic mass is 10.1. The summed E-state index contributed by atoms with van der Waals surface area (Å²) >= 11 is 5.85. The third-order valence-electron chi connectivity index (χ3n) is 3.46. The molecule has 1 atom stereocenters. The number of hydrogen-bond donors (Lipinski definition) is 2. The van der Waals surface area contributed by atoms with E-state index in [2.05, 4.69) is 5.32 Å². The van der Waals surface area contributed by atoms with Crippen LogP contribution < -0.4 is 15.2 Å². The van der Waals surface area contributed by atoms with E-state index in [9.17, 15) is 13.2 Å². The van der Waals surface area contributed by atoms with Crippen LogP contribution in [-0.4, -0.2) is 21.4 Å². The molecule has 128 valence electrons. The molecule has 0 fully saturated rings.